The summed E-state index contributed by atoms with van der Waals surface area (Å²) >= 11 is 0. The number of hydrogen-bond acceptors (Lipinski definition) is 6. The maximum absolute atomic E-state index is 12.6. The lowest BCUT2D eigenvalue weighted by atomic mass is 10.2. The SMILES string of the molecule is COc1ccc(NC(=O)Cn2cc(NC(=O)c3ccc4c(c3)OCCCO4)cn2)cc1. The van der Waals surface area contributed by atoms with Crippen molar-refractivity contribution in [2.24, 2.45) is 0 Å². The lowest BCUT2D eigenvalue weighted by Gasteiger charge is -2.09. The Morgan fingerprint density at radius 3 is 2.58 bits per heavy atom. The van der Waals surface area contributed by atoms with Gasteiger partial charge >= 0.3 is 0 Å². The van der Waals surface area contributed by atoms with Gasteiger partial charge in [-0.15, -0.1) is 0 Å². The zero-order chi connectivity index (χ0) is 21.6. The van der Waals surface area contributed by atoms with Gasteiger partial charge in [-0.25, -0.2) is 0 Å². The van der Waals surface area contributed by atoms with Gasteiger partial charge in [0.2, 0.25) is 5.91 Å². The summed E-state index contributed by atoms with van der Waals surface area (Å²) in [5, 5.41) is 9.69. The van der Waals surface area contributed by atoms with E-state index in [2.05, 4.69) is 15.7 Å². The maximum Gasteiger partial charge on any atom is 0.255 e. The molecule has 0 spiro atoms. The molecule has 2 aromatic carbocycles. The highest BCUT2D eigenvalue weighted by atomic mass is 16.5. The van der Waals surface area contributed by atoms with Gasteiger partial charge in [-0.3, -0.25) is 14.3 Å². The summed E-state index contributed by atoms with van der Waals surface area (Å²) in [7, 11) is 1.58. The molecule has 4 rings (SSSR count). The van der Waals surface area contributed by atoms with Gasteiger partial charge < -0.3 is 24.8 Å². The Kier molecular flexibility index (Phi) is 6.02. The first-order chi connectivity index (χ1) is 15.1. The van der Waals surface area contributed by atoms with E-state index in [1.54, 1.807) is 55.8 Å². The van der Waals surface area contributed by atoms with E-state index >= 15 is 0 Å². The quantitative estimate of drug-likeness (QED) is 0.633. The third-order valence-electron chi connectivity index (χ3n) is 4.58. The number of nitrogens with one attached hydrogen (secondary N) is 2. The maximum atomic E-state index is 12.6. The van der Waals surface area contributed by atoms with E-state index in [0.29, 0.717) is 47.4 Å². The second-order valence-corrected chi connectivity index (χ2v) is 6.87. The van der Waals surface area contributed by atoms with Crippen LogP contribution in [0.1, 0.15) is 16.8 Å². The predicted octanol–water partition coefficient (Wildman–Crippen LogP) is 2.94. The molecule has 0 radical (unpaired) electrons. The second kappa shape index (κ2) is 9.21. The molecule has 9 nitrogen and oxygen atoms in total. The molecule has 0 fully saturated rings. The van der Waals surface area contributed by atoms with Crippen molar-refractivity contribution in [3.05, 3.63) is 60.4 Å². The summed E-state index contributed by atoms with van der Waals surface area (Å²) in [6.07, 6.45) is 3.87. The highest BCUT2D eigenvalue weighted by molar-refractivity contribution is 6.04. The van der Waals surface area contributed by atoms with Gasteiger partial charge in [-0.2, -0.15) is 5.10 Å². The average Bonchev–Trinajstić information content (AvgIpc) is 3.06. The van der Waals surface area contributed by atoms with Gasteiger partial charge in [-0.05, 0) is 42.5 Å². The van der Waals surface area contributed by atoms with Crippen molar-refractivity contribution in [3.8, 4) is 17.2 Å². The highest BCUT2D eigenvalue weighted by Crippen LogP contribution is 2.30. The Morgan fingerprint density at radius 2 is 1.81 bits per heavy atom. The monoisotopic (exact) mass is 422 g/mol. The van der Waals surface area contributed by atoms with Crippen molar-refractivity contribution >= 4 is 23.2 Å². The molecular formula is C22H22N4O5. The predicted molar refractivity (Wildman–Crippen MR) is 114 cm³/mol. The van der Waals surface area contributed by atoms with E-state index in [4.69, 9.17) is 14.2 Å². The minimum Gasteiger partial charge on any atom is -0.497 e. The van der Waals surface area contributed by atoms with E-state index < -0.39 is 0 Å². The molecule has 0 unspecified atom stereocenters. The third-order valence-corrected chi connectivity index (χ3v) is 4.58. The Bertz CT molecular complexity index is 1080. The topological polar surface area (TPSA) is 104 Å². The van der Waals surface area contributed by atoms with Gasteiger partial charge in [0.25, 0.3) is 5.91 Å². The third kappa shape index (κ3) is 5.13. The van der Waals surface area contributed by atoms with Crippen molar-refractivity contribution in [1.82, 2.24) is 9.78 Å². The number of benzene rings is 2. The molecule has 0 saturated carbocycles. The summed E-state index contributed by atoms with van der Waals surface area (Å²) in [5.41, 5.74) is 1.57. The van der Waals surface area contributed by atoms with Crippen molar-refractivity contribution in [2.45, 2.75) is 13.0 Å². The number of hydrogen-bond donors (Lipinski definition) is 2. The minimum atomic E-state index is -0.308. The molecule has 1 aromatic heterocycles. The van der Waals surface area contributed by atoms with Gasteiger partial charge in [0.15, 0.2) is 11.5 Å². The Balaban J connectivity index is 1.34. The summed E-state index contributed by atoms with van der Waals surface area (Å²) in [5.74, 6) is 1.34. The summed E-state index contributed by atoms with van der Waals surface area (Å²) in [6.45, 7) is 1.14. The summed E-state index contributed by atoms with van der Waals surface area (Å²) in [6, 6.07) is 12.1. The van der Waals surface area contributed by atoms with Crippen molar-refractivity contribution in [3.63, 3.8) is 0 Å². The van der Waals surface area contributed by atoms with Crippen LogP contribution in [0, 0.1) is 0 Å². The second-order valence-electron chi connectivity index (χ2n) is 6.87. The Morgan fingerprint density at radius 1 is 1.03 bits per heavy atom. The first-order valence-corrected chi connectivity index (χ1v) is 9.78. The van der Waals surface area contributed by atoms with E-state index in [9.17, 15) is 9.59 Å². The molecule has 1 aliphatic heterocycles. The number of carbonyl (C=O) groups excluding carboxylic acids is 2. The molecular weight excluding hydrogens is 400 g/mol. The molecule has 2 amide bonds. The van der Waals surface area contributed by atoms with Gasteiger partial charge in [-0.1, -0.05) is 0 Å². The van der Waals surface area contributed by atoms with Crippen molar-refractivity contribution in [1.29, 1.82) is 0 Å². The van der Waals surface area contributed by atoms with Crippen LogP contribution in [0.2, 0.25) is 0 Å². The van der Waals surface area contributed by atoms with Crippen molar-refractivity contribution < 1.29 is 23.8 Å². The van der Waals surface area contributed by atoms with Crippen LogP contribution in [0.25, 0.3) is 0 Å². The van der Waals surface area contributed by atoms with Crippen molar-refractivity contribution in [2.75, 3.05) is 31.0 Å². The number of nitrogens with zero attached hydrogens (tertiary/aromatic N) is 2. The first-order valence-electron chi connectivity index (χ1n) is 9.78. The number of ether oxygens (including phenoxy) is 3. The van der Waals surface area contributed by atoms with Crippen LogP contribution in [0.15, 0.2) is 54.9 Å². The molecule has 160 valence electrons. The smallest absolute Gasteiger partial charge is 0.255 e. The van der Waals surface area contributed by atoms with Gasteiger partial charge in [0, 0.05) is 23.9 Å². The number of carbonyl (C=O) groups is 2. The Hall–Kier alpha value is -4.01. The number of fused-ring (bicyclic) bond motifs is 1. The van der Waals surface area contributed by atoms with Crippen LogP contribution in [0.3, 0.4) is 0 Å². The zero-order valence-electron chi connectivity index (χ0n) is 17.0. The van der Waals surface area contributed by atoms with Crippen LogP contribution in [0.4, 0.5) is 11.4 Å². The van der Waals surface area contributed by atoms with Gasteiger partial charge in [0.1, 0.15) is 12.3 Å². The lowest BCUT2D eigenvalue weighted by molar-refractivity contribution is -0.116. The summed E-state index contributed by atoms with van der Waals surface area (Å²) < 4.78 is 17.7. The van der Waals surface area contributed by atoms with Crippen LogP contribution in [-0.2, 0) is 11.3 Å². The van der Waals surface area contributed by atoms with Crippen LogP contribution >= 0.6 is 0 Å². The first kappa shape index (κ1) is 20.3. The number of methoxy groups -OCH3 is 1. The number of rotatable bonds is 6. The van der Waals surface area contributed by atoms with Crippen LogP contribution in [-0.4, -0.2) is 41.9 Å². The fourth-order valence-corrected chi connectivity index (χ4v) is 3.04. The van der Waals surface area contributed by atoms with Crippen LogP contribution in [0.5, 0.6) is 17.2 Å². The standard InChI is InChI=1S/C22H22N4O5/c1-29-18-6-4-16(5-7-18)24-21(27)14-26-13-17(12-23-26)25-22(28)15-3-8-19-20(11-15)31-10-2-9-30-19/h3-8,11-13H,2,9-10,14H2,1H3,(H,24,27)(H,25,28). The highest BCUT2D eigenvalue weighted by Gasteiger charge is 2.15. The molecule has 0 aliphatic carbocycles. The number of anilines is 2. The van der Waals surface area contributed by atoms with Gasteiger partial charge in [0.05, 0.1) is 32.2 Å². The molecule has 2 N–H and O–H groups in total. The lowest BCUT2D eigenvalue weighted by Crippen LogP contribution is -2.19. The number of aromatic nitrogens is 2. The molecule has 2 heterocycles. The van der Waals surface area contributed by atoms with E-state index in [1.807, 2.05) is 0 Å². The molecule has 3 aromatic rings. The minimum absolute atomic E-state index is 0.00588. The Labute approximate surface area is 178 Å². The molecule has 1 aliphatic rings. The zero-order valence-corrected chi connectivity index (χ0v) is 17.0. The molecule has 0 atom stereocenters. The van der Waals surface area contributed by atoms with E-state index in [1.165, 1.54) is 10.9 Å². The molecule has 0 bridgehead atoms. The molecule has 0 saturated heterocycles. The normalized spacial score (nSPS) is 12.5. The van der Waals surface area contributed by atoms with E-state index in [-0.39, 0.29) is 18.4 Å². The average molecular weight is 422 g/mol. The molecule has 9 heteroatoms. The van der Waals surface area contributed by atoms with E-state index in [0.717, 1.165) is 6.42 Å². The van der Waals surface area contributed by atoms with Crippen LogP contribution < -0.4 is 24.8 Å². The fraction of sp³-hybridized carbons (Fsp3) is 0.227. The number of amides is 2. The largest absolute Gasteiger partial charge is 0.497 e. The summed E-state index contributed by atoms with van der Waals surface area (Å²) in [4.78, 5) is 24.8. The fourth-order valence-electron chi connectivity index (χ4n) is 3.04. The molecule has 31 heavy (non-hydrogen) atoms.